The van der Waals surface area contributed by atoms with Gasteiger partial charge in [0.05, 0.1) is 14.2 Å². The first-order valence-corrected chi connectivity index (χ1v) is 7.87. The van der Waals surface area contributed by atoms with Gasteiger partial charge in [-0.1, -0.05) is 18.2 Å². The lowest BCUT2D eigenvalue weighted by atomic mass is 9.88. The summed E-state index contributed by atoms with van der Waals surface area (Å²) in [6, 6.07) is 15.2. The predicted octanol–water partition coefficient (Wildman–Crippen LogP) is 4.62. The van der Waals surface area contributed by atoms with Gasteiger partial charge in [-0.15, -0.1) is 0 Å². The van der Waals surface area contributed by atoms with Crippen LogP contribution < -0.4 is 9.47 Å². The third-order valence-corrected chi connectivity index (χ3v) is 4.50. The highest BCUT2D eigenvalue weighted by Gasteiger charge is 2.23. The van der Waals surface area contributed by atoms with Gasteiger partial charge in [-0.3, -0.25) is 4.79 Å². The van der Waals surface area contributed by atoms with Gasteiger partial charge in [0.2, 0.25) is 5.78 Å². The third kappa shape index (κ3) is 2.34. The summed E-state index contributed by atoms with van der Waals surface area (Å²) in [6.07, 6.45) is 1.52. The monoisotopic (exact) mass is 332 g/mol. The van der Waals surface area contributed by atoms with Gasteiger partial charge in [0.15, 0.2) is 5.76 Å². The van der Waals surface area contributed by atoms with E-state index in [2.05, 4.69) is 0 Å². The van der Waals surface area contributed by atoms with Crippen LogP contribution in [0.4, 0.5) is 0 Å². The molecule has 4 rings (SSSR count). The van der Waals surface area contributed by atoms with Crippen LogP contribution in [0.1, 0.15) is 15.9 Å². The molecule has 0 amide bonds. The lowest BCUT2D eigenvalue weighted by molar-refractivity contribution is 0.0981. The van der Waals surface area contributed by atoms with Crippen LogP contribution in [0.3, 0.4) is 0 Å². The van der Waals surface area contributed by atoms with Crippen LogP contribution in [-0.2, 0) is 0 Å². The van der Waals surface area contributed by atoms with Crippen LogP contribution in [0.2, 0.25) is 0 Å². The number of hydrogen-bond acceptors (Lipinski definition) is 4. The molecule has 0 radical (unpaired) electrons. The number of ketones is 1. The minimum atomic E-state index is -0.363. The van der Waals surface area contributed by atoms with Crippen LogP contribution in [0.5, 0.6) is 11.5 Å². The molecule has 3 aromatic carbocycles. The maximum Gasteiger partial charge on any atom is 0.227 e. The van der Waals surface area contributed by atoms with Crippen molar-refractivity contribution >= 4 is 22.6 Å². The fraction of sp³-hybridized carbons (Fsp3) is 0.0952. The zero-order valence-corrected chi connectivity index (χ0v) is 13.9. The quantitative estimate of drug-likeness (QED) is 0.760. The Morgan fingerprint density at radius 3 is 2.52 bits per heavy atom. The zero-order chi connectivity index (χ0) is 17.6. The molecule has 1 aliphatic rings. The van der Waals surface area contributed by atoms with Crippen LogP contribution in [0.25, 0.3) is 28.0 Å². The van der Waals surface area contributed by atoms with Crippen LogP contribution in [0, 0.1) is 0 Å². The average molecular weight is 332 g/mol. The number of Topliss-reactive ketones (excluding diaryl/α,β-unsaturated/α-hetero) is 1. The zero-order valence-electron chi connectivity index (χ0n) is 13.9. The number of carbonyl (C=O) groups is 1. The molecule has 0 spiro atoms. The Bertz CT molecular complexity index is 1050. The second kappa shape index (κ2) is 5.67. The predicted molar refractivity (Wildman–Crippen MR) is 97.4 cm³/mol. The number of methoxy groups -OCH3 is 2. The summed E-state index contributed by atoms with van der Waals surface area (Å²) >= 11 is 0. The van der Waals surface area contributed by atoms with E-state index in [0.717, 1.165) is 27.5 Å². The van der Waals surface area contributed by atoms with E-state index in [9.17, 15) is 9.90 Å². The molecule has 0 fully saturated rings. The minimum Gasteiger partial charge on any atom is -0.504 e. The maximum absolute atomic E-state index is 12.5. The largest absolute Gasteiger partial charge is 0.504 e. The minimum absolute atomic E-state index is 0.237. The standard InChI is InChI=1S/C21H16O4/c1-24-15-6-7-16(19(11-15)25-2)14-8-12-4-3-5-13-10-18(22)21(23)17(9-14)20(12)13/h3-11,22H,1-2H3. The first-order valence-electron chi connectivity index (χ1n) is 7.87. The molecule has 0 aromatic heterocycles. The number of ether oxygens (including phenoxy) is 2. The van der Waals surface area contributed by atoms with E-state index in [4.69, 9.17) is 9.47 Å². The summed E-state index contributed by atoms with van der Waals surface area (Å²) in [7, 11) is 3.20. The molecule has 4 heteroatoms. The van der Waals surface area contributed by atoms with Crippen molar-refractivity contribution in [1.82, 2.24) is 0 Å². The summed E-state index contributed by atoms with van der Waals surface area (Å²) in [5.41, 5.74) is 3.05. The number of rotatable bonds is 3. The average Bonchev–Trinajstić information content (AvgIpc) is 2.65. The van der Waals surface area contributed by atoms with E-state index in [0.29, 0.717) is 17.1 Å². The van der Waals surface area contributed by atoms with Crippen LogP contribution >= 0.6 is 0 Å². The Morgan fingerprint density at radius 2 is 1.76 bits per heavy atom. The smallest absolute Gasteiger partial charge is 0.227 e. The van der Waals surface area contributed by atoms with Gasteiger partial charge in [-0.05, 0) is 46.9 Å². The van der Waals surface area contributed by atoms with Gasteiger partial charge in [-0.25, -0.2) is 0 Å². The van der Waals surface area contributed by atoms with Crippen molar-refractivity contribution in [2.75, 3.05) is 14.2 Å². The third-order valence-electron chi connectivity index (χ3n) is 4.50. The van der Waals surface area contributed by atoms with Gasteiger partial charge in [0.1, 0.15) is 11.5 Å². The SMILES string of the molecule is COc1ccc(-c2cc3c4c(cccc4c2)C=C(O)C3=O)c(OC)c1. The van der Waals surface area contributed by atoms with E-state index in [-0.39, 0.29) is 11.5 Å². The van der Waals surface area contributed by atoms with E-state index < -0.39 is 0 Å². The van der Waals surface area contributed by atoms with Gasteiger partial charge in [0, 0.05) is 22.6 Å². The van der Waals surface area contributed by atoms with Crippen molar-refractivity contribution in [1.29, 1.82) is 0 Å². The molecule has 0 unspecified atom stereocenters. The first-order chi connectivity index (χ1) is 12.1. The molecule has 25 heavy (non-hydrogen) atoms. The topological polar surface area (TPSA) is 55.8 Å². The van der Waals surface area contributed by atoms with Crippen molar-refractivity contribution < 1.29 is 19.4 Å². The van der Waals surface area contributed by atoms with Gasteiger partial charge in [0.25, 0.3) is 0 Å². The number of benzene rings is 3. The second-order valence-corrected chi connectivity index (χ2v) is 5.89. The van der Waals surface area contributed by atoms with E-state index in [1.807, 2.05) is 42.5 Å². The maximum atomic E-state index is 12.5. The Morgan fingerprint density at radius 1 is 0.920 bits per heavy atom. The summed E-state index contributed by atoms with van der Waals surface area (Å²) in [4.78, 5) is 12.5. The normalized spacial score (nSPS) is 12.9. The summed E-state index contributed by atoms with van der Waals surface area (Å²) in [6.45, 7) is 0. The molecule has 0 heterocycles. The molecule has 0 atom stereocenters. The lowest BCUT2D eigenvalue weighted by Gasteiger charge is -2.17. The highest BCUT2D eigenvalue weighted by Crippen LogP contribution is 2.38. The van der Waals surface area contributed by atoms with Crippen molar-refractivity contribution in [3.63, 3.8) is 0 Å². The van der Waals surface area contributed by atoms with E-state index >= 15 is 0 Å². The fourth-order valence-electron chi connectivity index (χ4n) is 3.30. The number of hydrogen-bond donors (Lipinski definition) is 1. The molecular formula is C21H16O4. The molecule has 124 valence electrons. The van der Waals surface area contributed by atoms with E-state index in [1.54, 1.807) is 20.3 Å². The molecule has 0 saturated carbocycles. The highest BCUT2D eigenvalue weighted by molar-refractivity contribution is 6.22. The Hall–Kier alpha value is -3.27. The van der Waals surface area contributed by atoms with Crippen molar-refractivity contribution in [2.45, 2.75) is 0 Å². The first kappa shape index (κ1) is 15.3. The lowest BCUT2D eigenvalue weighted by Crippen LogP contribution is -2.09. The van der Waals surface area contributed by atoms with Crippen molar-refractivity contribution in [3.8, 4) is 22.6 Å². The van der Waals surface area contributed by atoms with Gasteiger partial charge < -0.3 is 14.6 Å². The Balaban J connectivity index is 2.00. The number of allylic oxidation sites excluding steroid dienone is 1. The molecule has 1 aliphatic carbocycles. The van der Waals surface area contributed by atoms with Crippen molar-refractivity contribution in [2.24, 2.45) is 0 Å². The fourth-order valence-corrected chi connectivity index (χ4v) is 3.30. The van der Waals surface area contributed by atoms with Crippen LogP contribution in [0.15, 0.2) is 54.3 Å². The summed E-state index contributed by atoms with van der Waals surface area (Å²) in [5.74, 6) is 0.753. The molecular weight excluding hydrogens is 316 g/mol. The highest BCUT2D eigenvalue weighted by atomic mass is 16.5. The molecule has 0 saturated heterocycles. The number of aliphatic hydroxyl groups excluding tert-OH is 1. The molecule has 1 N–H and O–H groups in total. The van der Waals surface area contributed by atoms with Gasteiger partial charge >= 0.3 is 0 Å². The number of aliphatic hydroxyl groups is 1. The van der Waals surface area contributed by atoms with Crippen LogP contribution in [-0.4, -0.2) is 25.1 Å². The molecule has 3 aromatic rings. The molecule has 0 aliphatic heterocycles. The molecule has 0 bridgehead atoms. The van der Waals surface area contributed by atoms with E-state index in [1.165, 1.54) is 6.08 Å². The number of carbonyl (C=O) groups excluding carboxylic acids is 1. The van der Waals surface area contributed by atoms with Crippen molar-refractivity contribution in [3.05, 3.63) is 65.4 Å². The summed E-state index contributed by atoms with van der Waals surface area (Å²) < 4.78 is 10.7. The Labute approximate surface area is 144 Å². The summed E-state index contributed by atoms with van der Waals surface area (Å²) in [5, 5.41) is 11.8. The second-order valence-electron chi connectivity index (χ2n) is 5.89. The van der Waals surface area contributed by atoms with Gasteiger partial charge in [-0.2, -0.15) is 0 Å². The Kier molecular flexibility index (Phi) is 3.46. The molecule has 4 nitrogen and oxygen atoms in total.